The van der Waals surface area contributed by atoms with Gasteiger partial charge in [-0.25, -0.2) is 0 Å². The van der Waals surface area contributed by atoms with Crippen molar-refractivity contribution in [2.45, 2.75) is 72.1 Å². The Balaban J connectivity index is 4.08. The number of rotatable bonds is 7. The second-order valence-corrected chi connectivity index (χ2v) is 4.09. The van der Waals surface area contributed by atoms with E-state index in [4.69, 9.17) is 9.47 Å². The second kappa shape index (κ2) is 7.21. The fourth-order valence-corrected chi connectivity index (χ4v) is 1.18. The maximum absolute atomic E-state index is 9.76. The van der Waals surface area contributed by atoms with Gasteiger partial charge in [-0.3, -0.25) is 0 Å². The van der Waals surface area contributed by atoms with E-state index in [1.807, 2.05) is 34.6 Å². The molecule has 0 fully saturated rings. The maximum atomic E-state index is 9.76. The van der Waals surface area contributed by atoms with Crippen molar-refractivity contribution in [3.63, 3.8) is 0 Å². The number of aliphatic hydroxyl groups is 1. The highest BCUT2D eigenvalue weighted by atomic mass is 16.7. The molecule has 0 saturated carbocycles. The van der Waals surface area contributed by atoms with E-state index < -0.39 is 12.4 Å². The number of aliphatic hydroxyl groups excluding tert-OH is 1. The van der Waals surface area contributed by atoms with Gasteiger partial charge in [0.25, 0.3) is 0 Å². The first kappa shape index (κ1) is 13.9. The van der Waals surface area contributed by atoms with Crippen LogP contribution < -0.4 is 0 Å². The van der Waals surface area contributed by atoms with Crippen LogP contribution in [-0.4, -0.2) is 29.7 Å². The van der Waals surface area contributed by atoms with Gasteiger partial charge in [0.05, 0.1) is 12.2 Å². The van der Waals surface area contributed by atoms with E-state index in [0.29, 0.717) is 6.42 Å². The van der Waals surface area contributed by atoms with Crippen LogP contribution in [0.5, 0.6) is 0 Å². The Morgan fingerprint density at radius 2 is 1.43 bits per heavy atom. The van der Waals surface area contributed by atoms with Crippen LogP contribution >= 0.6 is 0 Å². The largest absolute Gasteiger partial charge is 0.388 e. The predicted molar refractivity (Wildman–Crippen MR) is 57.1 cm³/mol. The van der Waals surface area contributed by atoms with Gasteiger partial charge in [0, 0.05) is 0 Å². The van der Waals surface area contributed by atoms with Gasteiger partial charge < -0.3 is 14.6 Å². The van der Waals surface area contributed by atoms with Crippen molar-refractivity contribution < 1.29 is 14.6 Å². The summed E-state index contributed by atoms with van der Waals surface area (Å²) in [5, 5.41) is 9.76. The summed E-state index contributed by atoms with van der Waals surface area (Å²) in [6, 6.07) is 0. The minimum Gasteiger partial charge on any atom is -0.388 e. The van der Waals surface area contributed by atoms with E-state index in [0.717, 1.165) is 6.42 Å². The van der Waals surface area contributed by atoms with E-state index in [9.17, 15) is 5.11 Å². The molecule has 86 valence electrons. The van der Waals surface area contributed by atoms with Gasteiger partial charge in [-0.05, 0) is 34.1 Å². The molecule has 0 aliphatic heterocycles. The minimum atomic E-state index is -0.523. The highest BCUT2D eigenvalue weighted by Gasteiger charge is 2.22. The fourth-order valence-electron chi connectivity index (χ4n) is 1.18. The highest BCUT2D eigenvalue weighted by molar-refractivity contribution is 4.62. The molecule has 0 bridgehead atoms. The van der Waals surface area contributed by atoms with Gasteiger partial charge >= 0.3 is 0 Å². The lowest BCUT2D eigenvalue weighted by Gasteiger charge is -2.26. The van der Waals surface area contributed by atoms with E-state index in [-0.39, 0.29) is 12.2 Å². The van der Waals surface area contributed by atoms with Crippen LogP contribution in [0.1, 0.15) is 47.5 Å². The molecule has 0 heterocycles. The molecular formula is C11H24O3. The van der Waals surface area contributed by atoms with Crippen molar-refractivity contribution in [2.75, 3.05) is 0 Å². The average molecular weight is 204 g/mol. The molecule has 0 saturated heterocycles. The molecule has 1 atom stereocenters. The van der Waals surface area contributed by atoms with Crippen molar-refractivity contribution in [1.29, 1.82) is 0 Å². The molecule has 0 aromatic heterocycles. The van der Waals surface area contributed by atoms with Crippen LogP contribution in [0.15, 0.2) is 0 Å². The van der Waals surface area contributed by atoms with Gasteiger partial charge in [0.15, 0.2) is 6.29 Å². The normalized spacial score (nSPS) is 14.4. The fraction of sp³-hybridized carbons (Fsp3) is 1.00. The Bertz CT molecular complexity index is 124. The molecule has 0 radical (unpaired) electrons. The van der Waals surface area contributed by atoms with Crippen molar-refractivity contribution in [1.82, 2.24) is 0 Å². The zero-order valence-electron chi connectivity index (χ0n) is 9.99. The standard InChI is InChI=1S/C11H24O3/c1-6-7-10(12)11(13-8(2)3)14-9(4)5/h8-12H,6-7H2,1-5H3. The van der Waals surface area contributed by atoms with Gasteiger partial charge in [-0.2, -0.15) is 0 Å². The summed E-state index contributed by atoms with van der Waals surface area (Å²) in [6.45, 7) is 9.79. The molecule has 1 N–H and O–H groups in total. The van der Waals surface area contributed by atoms with Crippen molar-refractivity contribution >= 4 is 0 Å². The van der Waals surface area contributed by atoms with E-state index >= 15 is 0 Å². The van der Waals surface area contributed by atoms with E-state index in [1.54, 1.807) is 0 Å². The van der Waals surface area contributed by atoms with Crippen LogP contribution in [0.2, 0.25) is 0 Å². The summed E-state index contributed by atoms with van der Waals surface area (Å²) in [4.78, 5) is 0. The lowest BCUT2D eigenvalue weighted by Crippen LogP contribution is -2.35. The van der Waals surface area contributed by atoms with Gasteiger partial charge in [-0.1, -0.05) is 13.3 Å². The number of hydrogen-bond acceptors (Lipinski definition) is 3. The summed E-state index contributed by atoms with van der Waals surface area (Å²) >= 11 is 0. The first-order chi connectivity index (χ1) is 6.47. The van der Waals surface area contributed by atoms with Gasteiger partial charge in [0.1, 0.15) is 6.10 Å². The Kier molecular flexibility index (Phi) is 7.15. The first-order valence-corrected chi connectivity index (χ1v) is 5.46. The summed E-state index contributed by atoms with van der Waals surface area (Å²) in [5.41, 5.74) is 0. The maximum Gasteiger partial charge on any atom is 0.183 e. The molecule has 14 heavy (non-hydrogen) atoms. The SMILES string of the molecule is CCCC(O)C(OC(C)C)OC(C)C. The Hall–Kier alpha value is -0.120. The van der Waals surface area contributed by atoms with E-state index in [1.165, 1.54) is 0 Å². The highest BCUT2D eigenvalue weighted by Crippen LogP contribution is 2.12. The molecule has 3 heteroatoms. The lowest BCUT2D eigenvalue weighted by atomic mass is 10.2. The molecule has 0 spiro atoms. The van der Waals surface area contributed by atoms with Gasteiger partial charge in [0.2, 0.25) is 0 Å². The topological polar surface area (TPSA) is 38.7 Å². The van der Waals surface area contributed by atoms with Crippen molar-refractivity contribution in [2.24, 2.45) is 0 Å². The molecule has 0 amide bonds. The van der Waals surface area contributed by atoms with Crippen LogP contribution in [0.3, 0.4) is 0 Å². The molecule has 3 nitrogen and oxygen atoms in total. The monoisotopic (exact) mass is 204 g/mol. The zero-order valence-corrected chi connectivity index (χ0v) is 9.99. The Labute approximate surface area is 87.4 Å². The van der Waals surface area contributed by atoms with Crippen LogP contribution in [0.25, 0.3) is 0 Å². The lowest BCUT2D eigenvalue weighted by molar-refractivity contribution is -0.225. The van der Waals surface area contributed by atoms with Crippen LogP contribution in [0, 0.1) is 0 Å². The third-order valence-electron chi connectivity index (χ3n) is 1.71. The van der Waals surface area contributed by atoms with Crippen LogP contribution in [0.4, 0.5) is 0 Å². The molecule has 0 rings (SSSR count). The Morgan fingerprint density at radius 1 is 1.00 bits per heavy atom. The molecule has 0 aromatic carbocycles. The molecule has 0 aliphatic rings. The average Bonchev–Trinajstić information content (AvgIpc) is 2.01. The first-order valence-electron chi connectivity index (χ1n) is 5.46. The molecule has 0 aliphatic carbocycles. The number of hydrogen-bond donors (Lipinski definition) is 1. The zero-order chi connectivity index (χ0) is 11.1. The minimum absolute atomic E-state index is 0.0743. The smallest absolute Gasteiger partial charge is 0.183 e. The van der Waals surface area contributed by atoms with Gasteiger partial charge in [-0.15, -0.1) is 0 Å². The van der Waals surface area contributed by atoms with E-state index in [2.05, 4.69) is 0 Å². The van der Waals surface area contributed by atoms with Crippen LogP contribution in [-0.2, 0) is 9.47 Å². The van der Waals surface area contributed by atoms with Crippen molar-refractivity contribution in [3.8, 4) is 0 Å². The molecular weight excluding hydrogens is 180 g/mol. The third-order valence-corrected chi connectivity index (χ3v) is 1.71. The molecule has 1 unspecified atom stereocenters. The Morgan fingerprint density at radius 3 is 1.71 bits per heavy atom. The summed E-state index contributed by atoms with van der Waals surface area (Å²) in [5.74, 6) is 0. The summed E-state index contributed by atoms with van der Waals surface area (Å²) < 4.78 is 11.0. The van der Waals surface area contributed by atoms with Crippen molar-refractivity contribution in [3.05, 3.63) is 0 Å². The summed E-state index contributed by atoms with van der Waals surface area (Å²) in [6.07, 6.45) is 0.778. The number of ether oxygens (including phenoxy) is 2. The quantitative estimate of drug-likeness (QED) is 0.647. The second-order valence-electron chi connectivity index (χ2n) is 4.09. The summed E-state index contributed by atoms with van der Waals surface area (Å²) in [7, 11) is 0. The third kappa shape index (κ3) is 6.35. The molecule has 0 aromatic rings. The predicted octanol–water partition coefficient (Wildman–Crippen LogP) is 2.32.